The molecular weight excluding hydrogens is 398 g/mol. The summed E-state index contributed by atoms with van der Waals surface area (Å²) in [6.45, 7) is 21.6. The Bertz CT molecular complexity index is 1020. The van der Waals surface area contributed by atoms with Crippen molar-refractivity contribution in [3.63, 3.8) is 0 Å². The van der Waals surface area contributed by atoms with Crippen LogP contribution in [-0.2, 0) is 13.0 Å². The molecule has 2 aromatic carbocycles. The molecule has 0 fully saturated rings. The molecule has 1 unspecified atom stereocenters. The van der Waals surface area contributed by atoms with E-state index in [1.165, 1.54) is 33.4 Å². The third-order valence-corrected chi connectivity index (χ3v) is 6.41. The normalized spacial score (nSPS) is 12.1. The predicted molar refractivity (Wildman–Crippen MR) is 147 cm³/mol. The minimum Gasteiger partial charge on any atom is -0.381 e. The Labute approximate surface area is 202 Å². The Morgan fingerprint density at radius 2 is 1.79 bits per heavy atom. The van der Waals surface area contributed by atoms with Gasteiger partial charge in [0.15, 0.2) is 0 Å². The minimum absolute atomic E-state index is 0.530. The third-order valence-electron chi connectivity index (χ3n) is 6.41. The molecule has 0 bridgehead atoms. The second-order valence-electron chi connectivity index (χ2n) is 8.96. The lowest BCUT2D eigenvalue weighted by atomic mass is 9.85. The van der Waals surface area contributed by atoms with Crippen molar-refractivity contribution < 1.29 is 0 Å². The molecule has 1 nitrogen and oxygen atoms in total. The molecule has 33 heavy (non-hydrogen) atoms. The van der Waals surface area contributed by atoms with Crippen LogP contribution in [0.3, 0.4) is 0 Å². The minimum atomic E-state index is 0.530. The van der Waals surface area contributed by atoms with Crippen molar-refractivity contribution in [3.05, 3.63) is 113 Å². The average molecular weight is 440 g/mol. The molecule has 0 spiro atoms. The maximum Gasteiger partial charge on any atom is 0.0400 e. The highest BCUT2D eigenvalue weighted by molar-refractivity contribution is 5.67. The number of benzene rings is 2. The molecule has 0 radical (unpaired) electrons. The zero-order valence-corrected chi connectivity index (χ0v) is 21.1. The van der Waals surface area contributed by atoms with Gasteiger partial charge in [-0.1, -0.05) is 85.8 Å². The first-order chi connectivity index (χ1) is 15.9. The highest BCUT2D eigenvalue weighted by atomic mass is 14.9. The molecule has 1 atom stereocenters. The smallest absolute Gasteiger partial charge is 0.0400 e. The number of nitrogens with one attached hydrogen (secondary N) is 1. The number of allylic oxidation sites excluding steroid dienone is 4. The lowest BCUT2D eigenvalue weighted by Gasteiger charge is -2.20. The standard InChI is InChI=1S/C32H41N/c1-8-25(6)28(18-16-24(4)5)19-20-30-22-27(17-21-31(30)26(7)9-2)23-33-32(10-3)29-14-12-11-13-15-29/h10-15,17,21-22,28,33H,2,4,6,8,16,18-20,23H2,1,3,5,7H3/b32-10-. The van der Waals surface area contributed by atoms with Gasteiger partial charge in [-0.3, -0.25) is 0 Å². The van der Waals surface area contributed by atoms with E-state index in [0.29, 0.717) is 5.92 Å². The van der Waals surface area contributed by atoms with Crippen LogP contribution < -0.4 is 5.32 Å². The van der Waals surface area contributed by atoms with E-state index in [9.17, 15) is 0 Å². The second kappa shape index (κ2) is 13.5. The van der Waals surface area contributed by atoms with Crippen LogP contribution >= 0.6 is 0 Å². The lowest BCUT2D eigenvalue weighted by molar-refractivity contribution is 0.506. The molecule has 2 rings (SSSR count). The molecule has 1 N–H and O–H groups in total. The highest BCUT2D eigenvalue weighted by Gasteiger charge is 2.14. The third kappa shape index (κ3) is 8.12. The van der Waals surface area contributed by atoms with Crippen molar-refractivity contribution in [2.45, 2.75) is 66.3 Å². The molecule has 174 valence electrons. The first-order valence-electron chi connectivity index (χ1n) is 12.2. The lowest BCUT2D eigenvalue weighted by Crippen LogP contribution is -2.12. The first kappa shape index (κ1) is 26.2. The topological polar surface area (TPSA) is 12.0 Å². The van der Waals surface area contributed by atoms with Gasteiger partial charge in [0.05, 0.1) is 0 Å². The van der Waals surface area contributed by atoms with Gasteiger partial charge < -0.3 is 5.32 Å². The molecule has 0 aliphatic heterocycles. The summed E-state index contributed by atoms with van der Waals surface area (Å²) in [6, 6.07) is 17.3. The molecule has 0 aliphatic rings. The molecule has 0 heterocycles. The van der Waals surface area contributed by atoms with Gasteiger partial charge in [0.1, 0.15) is 0 Å². The van der Waals surface area contributed by atoms with Gasteiger partial charge in [-0.2, -0.15) is 0 Å². The largest absolute Gasteiger partial charge is 0.381 e. The molecule has 1 heteroatoms. The van der Waals surface area contributed by atoms with Gasteiger partial charge in [-0.05, 0) is 86.6 Å². The molecule has 0 aromatic heterocycles. The van der Waals surface area contributed by atoms with E-state index >= 15 is 0 Å². The van der Waals surface area contributed by atoms with E-state index in [0.717, 1.165) is 49.9 Å². The maximum absolute atomic E-state index is 4.37. The van der Waals surface area contributed by atoms with Crippen LogP contribution in [0.2, 0.25) is 0 Å². The molecule has 2 aromatic rings. The number of rotatable bonds is 13. The maximum atomic E-state index is 4.37. The molecule has 0 saturated heterocycles. The van der Waals surface area contributed by atoms with Crippen LogP contribution in [0.5, 0.6) is 0 Å². The summed E-state index contributed by atoms with van der Waals surface area (Å²) < 4.78 is 0. The van der Waals surface area contributed by atoms with Crippen molar-refractivity contribution in [3.8, 4) is 0 Å². The van der Waals surface area contributed by atoms with Crippen LogP contribution in [0.4, 0.5) is 0 Å². The van der Waals surface area contributed by atoms with Gasteiger partial charge in [0.25, 0.3) is 0 Å². The van der Waals surface area contributed by atoms with Crippen molar-refractivity contribution in [2.75, 3.05) is 0 Å². The van der Waals surface area contributed by atoms with Crippen molar-refractivity contribution in [1.82, 2.24) is 5.32 Å². The van der Waals surface area contributed by atoms with Gasteiger partial charge in [-0.15, -0.1) is 12.3 Å². The number of hydrogen-bond donors (Lipinski definition) is 1. The molecule has 0 saturated carbocycles. The summed E-state index contributed by atoms with van der Waals surface area (Å²) in [5.74, 6) is 0.530. The fourth-order valence-electron chi connectivity index (χ4n) is 4.20. The number of hydrogen-bond acceptors (Lipinski definition) is 1. The van der Waals surface area contributed by atoms with E-state index in [1.807, 2.05) is 6.07 Å². The summed E-state index contributed by atoms with van der Waals surface area (Å²) >= 11 is 0. The summed E-state index contributed by atoms with van der Waals surface area (Å²) in [4.78, 5) is 0. The van der Waals surface area contributed by atoms with Crippen LogP contribution in [0.1, 0.15) is 75.6 Å². The van der Waals surface area contributed by atoms with Gasteiger partial charge in [-0.25, -0.2) is 0 Å². The Kier molecular flexibility index (Phi) is 10.7. The van der Waals surface area contributed by atoms with Crippen molar-refractivity contribution in [1.29, 1.82) is 0 Å². The Morgan fingerprint density at radius 1 is 1.06 bits per heavy atom. The second-order valence-corrected chi connectivity index (χ2v) is 8.96. The zero-order valence-electron chi connectivity index (χ0n) is 21.1. The van der Waals surface area contributed by atoms with E-state index < -0.39 is 0 Å². The fourth-order valence-corrected chi connectivity index (χ4v) is 4.20. The summed E-state index contributed by atoms with van der Waals surface area (Å²) in [5.41, 5.74) is 13.1. The fraction of sp³-hybridized carbons (Fsp3) is 0.344. The van der Waals surface area contributed by atoms with Crippen LogP contribution in [0.25, 0.3) is 11.3 Å². The number of aryl methyl sites for hydroxylation is 1. The summed E-state index contributed by atoms with van der Waals surface area (Å²) in [7, 11) is 0. The average Bonchev–Trinajstić information content (AvgIpc) is 2.84. The SMILES string of the molecule is C=C=C(C)c1ccc(CN/C(=C\C)c2ccccc2)cc1CCC(CCC(=C)C)C(=C)CC. The Morgan fingerprint density at radius 3 is 2.39 bits per heavy atom. The summed E-state index contributed by atoms with van der Waals surface area (Å²) in [5, 5.41) is 3.62. The van der Waals surface area contributed by atoms with Gasteiger partial charge in [0.2, 0.25) is 0 Å². The highest BCUT2D eigenvalue weighted by Crippen LogP contribution is 2.28. The quantitative estimate of drug-likeness (QED) is 0.243. The molecule has 0 amide bonds. The first-order valence-corrected chi connectivity index (χ1v) is 12.2. The molecule has 0 aliphatic carbocycles. The van der Waals surface area contributed by atoms with Crippen LogP contribution in [0.15, 0.2) is 91.2 Å². The zero-order chi connectivity index (χ0) is 24.2. The van der Waals surface area contributed by atoms with Crippen molar-refractivity contribution >= 4 is 11.3 Å². The van der Waals surface area contributed by atoms with Crippen molar-refractivity contribution in [2.24, 2.45) is 5.92 Å². The van der Waals surface area contributed by atoms with Crippen LogP contribution in [-0.4, -0.2) is 0 Å². The Hall–Kier alpha value is -3.02. The van der Waals surface area contributed by atoms with E-state index in [1.54, 1.807) is 0 Å². The van der Waals surface area contributed by atoms with Crippen LogP contribution in [0, 0.1) is 5.92 Å². The monoisotopic (exact) mass is 439 g/mol. The Balaban J connectivity index is 2.21. The molecular formula is C32H41N. The van der Waals surface area contributed by atoms with Gasteiger partial charge >= 0.3 is 0 Å². The summed E-state index contributed by atoms with van der Waals surface area (Å²) in [6.07, 6.45) is 7.51. The van der Waals surface area contributed by atoms with E-state index in [2.05, 4.69) is 107 Å². The van der Waals surface area contributed by atoms with Gasteiger partial charge in [0, 0.05) is 12.2 Å². The van der Waals surface area contributed by atoms with E-state index in [-0.39, 0.29) is 0 Å². The van der Waals surface area contributed by atoms with E-state index in [4.69, 9.17) is 0 Å². The predicted octanol–water partition coefficient (Wildman–Crippen LogP) is 8.90.